The molecule has 0 unspecified atom stereocenters. The predicted molar refractivity (Wildman–Crippen MR) is 105 cm³/mol. The van der Waals surface area contributed by atoms with Crippen molar-refractivity contribution in [3.05, 3.63) is 41.8 Å². The Hall–Kier alpha value is -2.29. The van der Waals surface area contributed by atoms with E-state index in [0.717, 1.165) is 30.6 Å². The molecule has 1 aromatic carbocycles. The number of likely N-dealkylation sites (tertiary alicyclic amines) is 1. The van der Waals surface area contributed by atoms with E-state index in [1.54, 1.807) is 31.2 Å². The number of halogens is 4. The van der Waals surface area contributed by atoms with Gasteiger partial charge in [0.1, 0.15) is 12.4 Å². The van der Waals surface area contributed by atoms with E-state index >= 15 is 0 Å². The summed E-state index contributed by atoms with van der Waals surface area (Å²) in [4.78, 5) is 2.22. The SMILES string of the molecule is Cc1cc2n(n1)[C@@H](C(F)(F)F)C[C@@H](C1CCN(CCOc3ccccc3F)CC1)N2. The van der Waals surface area contributed by atoms with Crippen LogP contribution < -0.4 is 10.1 Å². The number of aryl methyl sites for hydroxylation is 1. The summed E-state index contributed by atoms with van der Waals surface area (Å²) in [5, 5.41) is 7.33. The molecule has 0 amide bonds. The van der Waals surface area contributed by atoms with E-state index in [2.05, 4.69) is 15.3 Å². The second-order valence-corrected chi connectivity index (χ2v) is 8.12. The van der Waals surface area contributed by atoms with Crippen molar-refractivity contribution in [2.45, 2.75) is 44.4 Å². The van der Waals surface area contributed by atoms with Gasteiger partial charge < -0.3 is 10.1 Å². The lowest BCUT2D eigenvalue weighted by atomic mass is 9.85. The van der Waals surface area contributed by atoms with Crippen molar-refractivity contribution >= 4 is 5.82 Å². The molecule has 0 bridgehead atoms. The average molecular weight is 426 g/mol. The third-order valence-corrected chi connectivity index (χ3v) is 6.04. The molecule has 3 heterocycles. The van der Waals surface area contributed by atoms with Crippen molar-refractivity contribution in [2.24, 2.45) is 5.92 Å². The maximum absolute atomic E-state index is 13.6. The molecule has 1 saturated heterocycles. The Morgan fingerprint density at radius 2 is 1.93 bits per heavy atom. The number of hydrogen-bond donors (Lipinski definition) is 1. The summed E-state index contributed by atoms with van der Waals surface area (Å²) < 4.78 is 61.0. The van der Waals surface area contributed by atoms with Crippen molar-refractivity contribution in [2.75, 3.05) is 31.6 Å². The van der Waals surface area contributed by atoms with Gasteiger partial charge in [-0.3, -0.25) is 4.90 Å². The Balaban J connectivity index is 1.30. The molecule has 5 nitrogen and oxygen atoms in total. The first-order chi connectivity index (χ1) is 14.3. The number of rotatable bonds is 5. The van der Waals surface area contributed by atoms with Crippen molar-refractivity contribution in [1.82, 2.24) is 14.7 Å². The Bertz CT molecular complexity index is 861. The molecule has 0 saturated carbocycles. The Morgan fingerprint density at radius 3 is 2.63 bits per heavy atom. The maximum Gasteiger partial charge on any atom is 0.410 e. The summed E-state index contributed by atoms with van der Waals surface area (Å²) in [6, 6.07) is 6.17. The van der Waals surface area contributed by atoms with Crippen LogP contribution in [0.3, 0.4) is 0 Å². The minimum Gasteiger partial charge on any atom is -0.489 e. The summed E-state index contributed by atoms with van der Waals surface area (Å²) in [6.07, 6.45) is -2.69. The highest BCUT2D eigenvalue weighted by Gasteiger charge is 2.47. The lowest BCUT2D eigenvalue weighted by Crippen LogP contribution is -2.46. The third-order valence-electron chi connectivity index (χ3n) is 6.04. The molecule has 2 aliphatic heterocycles. The van der Waals surface area contributed by atoms with Crippen LogP contribution in [0.15, 0.2) is 30.3 Å². The van der Waals surface area contributed by atoms with Crippen LogP contribution in [0.1, 0.15) is 31.0 Å². The van der Waals surface area contributed by atoms with E-state index in [1.165, 1.54) is 6.07 Å². The quantitative estimate of drug-likeness (QED) is 0.720. The smallest absolute Gasteiger partial charge is 0.410 e. The van der Waals surface area contributed by atoms with Crippen LogP contribution in [-0.4, -0.2) is 53.1 Å². The Morgan fingerprint density at radius 1 is 1.20 bits per heavy atom. The van der Waals surface area contributed by atoms with Gasteiger partial charge in [-0.1, -0.05) is 12.1 Å². The van der Waals surface area contributed by atoms with E-state index in [1.807, 2.05) is 0 Å². The fourth-order valence-corrected chi connectivity index (χ4v) is 4.46. The van der Waals surface area contributed by atoms with E-state index < -0.39 is 12.2 Å². The number of piperidine rings is 1. The summed E-state index contributed by atoms with van der Waals surface area (Å²) in [5.41, 5.74) is 0.581. The van der Waals surface area contributed by atoms with Gasteiger partial charge in [0.25, 0.3) is 0 Å². The van der Waals surface area contributed by atoms with Gasteiger partial charge in [0.15, 0.2) is 17.6 Å². The lowest BCUT2D eigenvalue weighted by molar-refractivity contribution is -0.174. The molecule has 2 atom stereocenters. The highest BCUT2D eigenvalue weighted by molar-refractivity contribution is 5.41. The molecular formula is C21H26F4N4O. The van der Waals surface area contributed by atoms with Crippen LogP contribution in [0.2, 0.25) is 0 Å². The van der Waals surface area contributed by atoms with Gasteiger partial charge in [0.05, 0.1) is 5.69 Å². The zero-order valence-corrected chi connectivity index (χ0v) is 16.8. The number of ether oxygens (including phenoxy) is 1. The van der Waals surface area contributed by atoms with Crippen LogP contribution in [0.4, 0.5) is 23.4 Å². The van der Waals surface area contributed by atoms with Gasteiger partial charge in [0.2, 0.25) is 0 Å². The van der Waals surface area contributed by atoms with Gasteiger partial charge in [-0.05, 0) is 57.3 Å². The highest BCUT2D eigenvalue weighted by Crippen LogP contribution is 2.42. The topological polar surface area (TPSA) is 42.3 Å². The van der Waals surface area contributed by atoms with E-state index in [4.69, 9.17) is 4.74 Å². The van der Waals surface area contributed by atoms with Gasteiger partial charge in [0, 0.05) is 18.7 Å². The van der Waals surface area contributed by atoms with Gasteiger partial charge in [-0.25, -0.2) is 9.07 Å². The summed E-state index contributed by atoms with van der Waals surface area (Å²) >= 11 is 0. The van der Waals surface area contributed by atoms with Gasteiger partial charge in [-0.2, -0.15) is 18.3 Å². The lowest BCUT2D eigenvalue weighted by Gasteiger charge is -2.41. The van der Waals surface area contributed by atoms with Crippen LogP contribution >= 0.6 is 0 Å². The molecule has 0 aliphatic carbocycles. The predicted octanol–water partition coefficient (Wildman–Crippen LogP) is 4.41. The monoisotopic (exact) mass is 426 g/mol. The number of nitrogens with one attached hydrogen (secondary N) is 1. The number of fused-ring (bicyclic) bond motifs is 1. The molecular weight excluding hydrogens is 400 g/mol. The standard InChI is InChI=1S/C21H26F4N4O/c1-14-12-20-26-17(13-19(21(23,24)25)29(20)27-14)15-6-8-28(9-7-15)10-11-30-18-5-3-2-4-16(18)22/h2-5,12,15,17,19,26H,6-11,13H2,1H3/t17-,19+/m0/s1. The first-order valence-electron chi connectivity index (χ1n) is 10.3. The number of anilines is 1. The fourth-order valence-electron chi connectivity index (χ4n) is 4.46. The maximum atomic E-state index is 13.6. The first-order valence-corrected chi connectivity index (χ1v) is 10.3. The summed E-state index contributed by atoms with van der Waals surface area (Å²) in [6.45, 7) is 4.33. The molecule has 1 fully saturated rings. The van der Waals surface area contributed by atoms with E-state index in [0.29, 0.717) is 24.7 Å². The normalized spacial score (nSPS) is 23.1. The molecule has 2 aliphatic rings. The number of benzene rings is 1. The van der Waals surface area contributed by atoms with Crippen molar-refractivity contribution < 1.29 is 22.3 Å². The molecule has 164 valence electrons. The molecule has 0 spiro atoms. The van der Waals surface area contributed by atoms with Crippen LogP contribution in [0.25, 0.3) is 0 Å². The molecule has 1 aromatic heterocycles. The summed E-state index contributed by atoms with van der Waals surface area (Å²) in [7, 11) is 0. The van der Waals surface area contributed by atoms with E-state index in [-0.39, 0.29) is 29.9 Å². The molecule has 4 rings (SSSR count). The zero-order valence-electron chi connectivity index (χ0n) is 16.8. The van der Waals surface area contributed by atoms with Crippen LogP contribution in [0, 0.1) is 18.7 Å². The minimum atomic E-state index is -4.32. The fraction of sp³-hybridized carbons (Fsp3) is 0.571. The summed E-state index contributed by atoms with van der Waals surface area (Å²) in [5.74, 6) is 0.478. The van der Waals surface area contributed by atoms with Crippen molar-refractivity contribution in [3.8, 4) is 5.75 Å². The number of alkyl halides is 3. The van der Waals surface area contributed by atoms with Gasteiger partial charge >= 0.3 is 6.18 Å². The molecule has 9 heteroatoms. The second kappa shape index (κ2) is 8.45. The molecule has 2 aromatic rings. The number of nitrogens with zero attached hydrogens (tertiary/aromatic N) is 3. The second-order valence-electron chi connectivity index (χ2n) is 8.12. The third kappa shape index (κ3) is 4.55. The van der Waals surface area contributed by atoms with Crippen molar-refractivity contribution in [1.29, 1.82) is 0 Å². The highest BCUT2D eigenvalue weighted by atomic mass is 19.4. The van der Waals surface area contributed by atoms with Crippen molar-refractivity contribution in [3.63, 3.8) is 0 Å². The number of para-hydroxylation sites is 1. The zero-order chi connectivity index (χ0) is 21.3. The van der Waals surface area contributed by atoms with Crippen LogP contribution in [0.5, 0.6) is 5.75 Å². The van der Waals surface area contributed by atoms with Crippen LogP contribution in [-0.2, 0) is 0 Å². The Labute approximate surface area is 173 Å². The van der Waals surface area contributed by atoms with Gasteiger partial charge in [-0.15, -0.1) is 0 Å². The Kier molecular flexibility index (Phi) is 5.90. The number of hydrogen-bond acceptors (Lipinski definition) is 4. The first kappa shape index (κ1) is 21.0. The number of aromatic nitrogens is 2. The van der Waals surface area contributed by atoms with E-state index in [9.17, 15) is 17.6 Å². The molecule has 0 radical (unpaired) electrons. The largest absolute Gasteiger partial charge is 0.489 e. The average Bonchev–Trinajstić information content (AvgIpc) is 3.08. The minimum absolute atomic E-state index is 0.00131. The molecule has 30 heavy (non-hydrogen) atoms. The molecule has 1 N–H and O–H groups in total.